The SMILES string of the molecule is CC(C)N(C)CCCCNC(=O)N[C@H]1C=CCCC1. The van der Waals surface area contributed by atoms with E-state index in [2.05, 4.69) is 48.6 Å². The van der Waals surface area contributed by atoms with Gasteiger partial charge in [0, 0.05) is 18.6 Å². The number of allylic oxidation sites excluding steroid dienone is 1. The van der Waals surface area contributed by atoms with Gasteiger partial charge < -0.3 is 15.5 Å². The molecule has 0 aromatic heterocycles. The number of urea groups is 1. The molecule has 4 heteroatoms. The van der Waals surface area contributed by atoms with Crippen molar-refractivity contribution in [2.24, 2.45) is 0 Å². The van der Waals surface area contributed by atoms with Crippen molar-refractivity contribution < 1.29 is 4.79 Å². The second kappa shape index (κ2) is 8.97. The molecule has 0 aromatic rings. The Balaban J connectivity index is 2.01. The first-order chi connectivity index (χ1) is 9.09. The predicted octanol–water partition coefficient (Wildman–Crippen LogP) is 2.51. The topological polar surface area (TPSA) is 44.4 Å². The van der Waals surface area contributed by atoms with Crippen LogP contribution in [0.25, 0.3) is 0 Å². The van der Waals surface area contributed by atoms with E-state index in [1.807, 2.05) is 0 Å². The third kappa shape index (κ3) is 7.21. The van der Waals surface area contributed by atoms with Crippen LogP contribution in [0.15, 0.2) is 12.2 Å². The number of unbranched alkanes of at least 4 members (excludes halogenated alkanes) is 1. The van der Waals surface area contributed by atoms with E-state index >= 15 is 0 Å². The summed E-state index contributed by atoms with van der Waals surface area (Å²) in [6.07, 6.45) is 9.77. The molecule has 1 atom stereocenters. The second-order valence-electron chi connectivity index (χ2n) is 5.65. The van der Waals surface area contributed by atoms with Gasteiger partial charge in [-0.2, -0.15) is 0 Å². The Labute approximate surface area is 117 Å². The average Bonchev–Trinajstić information content (AvgIpc) is 2.39. The molecule has 0 aromatic carbocycles. The molecule has 110 valence electrons. The number of nitrogens with zero attached hydrogens (tertiary/aromatic N) is 1. The van der Waals surface area contributed by atoms with E-state index in [-0.39, 0.29) is 12.1 Å². The second-order valence-corrected chi connectivity index (χ2v) is 5.65. The Kier molecular flexibility index (Phi) is 7.56. The van der Waals surface area contributed by atoms with Crippen LogP contribution in [0.3, 0.4) is 0 Å². The molecule has 0 unspecified atom stereocenters. The first-order valence-electron chi connectivity index (χ1n) is 7.51. The van der Waals surface area contributed by atoms with Crippen molar-refractivity contribution in [2.45, 2.75) is 58.0 Å². The van der Waals surface area contributed by atoms with Crippen molar-refractivity contribution in [1.29, 1.82) is 0 Å². The molecule has 0 spiro atoms. The van der Waals surface area contributed by atoms with Crippen molar-refractivity contribution >= 4 is 6.03 Å². The van der Waals surface area contributed by atoms with Crippen LogP contribution in [0.5, 0.6) is 0 Å². The van der Waals surface area contributed by atoms with Gasteiger partial charge >= 0.3 is 6.03 Å². The summed E-state index contributed by atoms with van der Waals surface area (Å²) in [4.78, 5) is 14.0. The van der Waals surface area contributed by atoms with Crippen LogP contribution in [-0.4, -0.2) is 43.2 Å². The highest BCUT2D eigenvalue weighted by atomic mass is 16.2. The molecule has 0 saturated heterocycles. The molecule has 4 nitrogen and oxygen atoms in total. The average molecular weight is 267 g/mol. The Morgan fingerprint density at radius 1 is 1.42 bits per heavy atom. The summed E-state index contributed by atoms with van der Waals surface area (Å²) in [6.45, 7) is 6.24. The van der Waals surface area contributed by atoms with Crippen LogP contribution in [0.2, 0.25) is 0 Å². The molecule has 0 heterocycles. The number of hydrogen-bond donors (Lipinski definition) is 2. The zero-order valence-electron chi connectivity index (χ0n) is 12.6. The van der Waals surface area contributed by atoms with Crippen LogP contribution >= 0.6 is 0 Å². The molecular weight excluding hydrogens is 238 g/mol. The van der Waals surface area contributed by atoms with Crippen molar-refractivity contribution in [3.05, 3.63) is 12.2 Å². The standard InChI is InChI=1S/C15H29N3O/c1-13(2)18(3)12-8-7-11-16-15(19)17-14-9-5-4-6-10-14/h5,9,13-14H,4,6-8,10-12H2,1-3H3,(H2,16,17,19)/t14-/m0/s1. The van der Waals surface area contributed by atoms with Crippen molar-refractivity contribution in [3.8, 4) is 0 Å². The Morgan fingerprint density at radius 3 is 2.84 bits per heavy atom. The molecule has 19 heavy (non-hydrogen) atoms. The van der Waals surface area contributed by atoms with Crippen LogP contribution in [0.1, 0.15) is 46.0 Å². The lowest BCUT2D eigenvalue weighted by Gasteiger charge is -2.21. The van der Waals surface area contributed by atoms with Crippen LogP contribution in [0.4, 0.5) is 4.79 Å². The van der Waals surface area contributed by atoms with E-state index < -0.39 is 0 Å². The molecule has 1 rings (SSSR count). The van der Waals surface area contributed by atoms with Crippen LogP contribution < -0.4 is 10.6 Å². The maximum atomic E-state index is 11.6. The van der Waals surface area contributed by atoms with E-state index in [0.717, 1.165) is 38.8 Å². The fourth-order valence-electron chi connectivity index (χ4n) is 2.10. The Morgan fingerprint density at radius 2 is 2.21 bits per heavy atom. The Hall–Kier alpha value is -1.03. The van der Waals surface area contributed by atoms with Gasteiger partial charge in [-0.1, -0.05) is 12.2 Å². The maximum absolute atomic E-state index is 11.6. The number of rotatable bonds is 7. The molecule has 0 fully saturated rings. The largest absolute Gasteiger partial charge is 0.338 e. The number of nitrogens with one attached hydrogen (secondary N) is 2. The zero-order chi connectivity index (χ0) is 14.1. The van der Waals surface area contributed by atoms with E-state index in [1.165, 1.54) is 6.42 Å². The zero-order valence-corrected chi connectivity index (χ0v) is 12.6. The van der Waals surface area contributed by atoms with Gasteiger partial charge in [0.2, 0.25) is 0 Å². The van der Waals surface area contributed by atoms with Gasteiger partial charge in [-0.3, -0.25) is 0 Å². The van der Waals surface area contributed by atoms with Gasteiger partial charge in [-0.25, -0.2) is 4.79 Å². The summed E-state index contributed by atoms with van der Waals surface area (Å²) >= 11 is 0. The van der Waals surface area contributed by atoms with Crippen molar-refractivity contribution in [3.63, 3.8) is 0 Å². The fraction of sp³-hybridized carbons (Fsp3) is 0.800. The number of carbonyl (C=O) groups is 1. The lowest BCUT2D eigenvalue weighted by molar-refractivity contribution is 0.236. The highest BCUT2D eigenvalue weighted by molar-refractivity contribution is 5.74. The summed E-state index contributed by atoms with van der Waals surface area (Å²) in [7, 11) is 2.14. The summed E-state index contributed by atoms with van der Waals surface area (Å²) in [5.41, 5.74) is 0. The minimum absolute atomic E-state index is 0.0336. The molecule has 0 bridgehead atoms. The first kappa shape index (κ1) is 16.0. The highest BCUT2D eigenvalue weighted by Gasteiger charge is 2.10. The van der Waals surface area contributed by atoms with E-state index in [1.54, 1.807) is 0 Å². The highest BCUT2D eigenvalue weighted by Crippen LogP contribution is 2.09. The summed E-state index contributed by atoms with van der Waals surface area (Å²) in [6, 6.07) is 0.781. The first-order valence-corrected chi connectivity index (χ1v) is 7.51. The van der Waals surface area contributed by atoms with Crippen LogP contribution in [0, 0.1) is 0 Å². The van der Waals surface area contributed by atoms with Crippen molar-refractivity contribution in [2.75, 3.05) is 20.1 Å². The summed E-state index contributed by atoms with van der Waals surface area (Å²) < 4.78 is 0. The third-order valence-electron chi connectivity index (χ3n) is 3.68. The minimum Gasteiger partial charge on any atom is -0.338 e. The van der Waals surface area contributed by atoms with Gasteiger partial charge in [0.05, 0.1) is 0 Å². The van der Waals surface area contributed by atoms with E-state index in [0.29, 0.717) is 6.04 Å². The lowest BCUT2D eigenvalue weighted by atomic mass is 10.0. The quantitative estimate of drug-likeness (QED) is 0.550. The summed E-state index contributed by atoms with van der Waals surface area (Å²) in [5, 5.41) is 5.92. The minimum atomic E-state index is -0.0336. The molecule has 0 radical (unpaired) electrons. The van der Waals surface area contributed by atoms with Gasteiger partial charge in [0.25, 0.3) is 0 Å². The van der Waals surface area contributed by atoms with Gasteiger partial charge in [0.1, 0.15) is 0 Å². The molecule has 2 amide bonds. The number of amides is 2. The Bertz CT molecular complexity index is 289. The normalized spacial score (nSPS) is 18.9. The molecule has 2 N–H and O–H groups in total. The fourth-order valence-corrected chi connectivity index (χ4v) is 2.10. The number of carbonyl (C=O) groups excluding carboxylic acids is 1. The van der Waals surface area contributed by atoms with Crippen molar-refractivity contribution in [1.82, 2.24) is 15.5 Å². The summed E-state index contributed by atoms with van der Waals surface area (Å²) in [5.74, 6) is 0. The van der Waals surface area contributed by atoms with E-state index in [9.17, 15) is 4.79 Å². The molecule has 1 aliphatic rings. The third-order valence-corrected chi connectivity index (χ3v) is 3.68. The van der Waals surface area contributed by atoms with Gasteiger partial charge in [-0.15, -0.1) is 0 Å². The smallest absolute Gasteiger partial charge is 0.315 e. The van der Waals surface area contributed by atoms with Gasteiger partial charge in [0.15, 0.2) is 0 Å². The molecule has 0 aliphatic heterocycles. The molecule has 0 saturated carbocycles. The van der Waals surface area contributed by atoms with Crippen LogP contribution in [-0.2, 0) is 0 Å². The molecule has 1 aliphatic carbocycles. The van der Waals surface area contributed by atoms with Gasteiger partial charge in [-0.05, 0) is 59.5 Å². The molecular formula is C15H29N3O. The predicted molar refractivity (Wildman–Crippen MR) is 80.3 cm³/mol. The monoisotopic (exact) mass is 267 g/mol. The van der Waals surface area contributed by atoms with E-state index in [4.69, 9.17) is 0 Å². The maximum Gasteiger partial charge on any atom is 0.315 e. The number of hydrogen-bond acceptors (Lipinski definition) is 2. The lowest BCUT2D eigenvalue weighted by Crippen LogP contribution is -2.42.